The topological polar surface area (TPSA) is 30.5 Å². The van der Waals surface area contributed by atoms with Crippen molar-refractivity contribution in [3.63, 3.8) is 0 Å². The number of ether oxygens (including phenoxy) is 2. The van der Waals surface area contributed by atoms with Crippen LogP contribution in [0.2, 0.25) is 0 Å². The van der Waals surface area contributed by atoms with Gasteiger partial charge in [0.05, 0.1) is 6.04 Å². The Morgan fingerprint density at radius 3 is 2.73 bits per heavy atom. The van der Waals surface area contributed by atoms with Crippen LogP contribution >= 0.6 is 0 Å². The number of benzene rings is 1. The van der Waals surface area contributed by atoms with E-state index in [0.29, 0.717) is 17.2 Å². The van der Waals surface area contributed by atoms with E-state index in [1.165, 1.54) is 6.92 Å². The average molecular weight is 215 g/mol. The van der Waals surface area contributed by atoms with Crippen LogP contribution in [0.1, 0.15) is 6.92 Å². The molecular weight excluding hydrogens is 204 g/mol. The number of fused-ring (bicyclic) bond motifs is 1. The molecule has 15 heavy (non-hydrogen) atoms. The SMILES string of the molecule is CC(Nc1ccc2c(c1)OCO2)C(F)F. The minimum Gasteiger partial charge on any atom is -0.454 e. The molecule has 2 rings (SSSR count). The number of hydrogen-bond donors (Lipinski definition) is 1. The van der Waals surface area contributed by atoms with Gasteiger partial charge in [0.2, 0.25) is 6.79 Å². The Kier molecular flexibility index (Phi) is 2.62. The molecule has 0 saturated heterocycles. The molecule has 0 radical (unpaired) electrons. The van der Waals surface area contributed by atoms with Gasteiger partial charge in [0, 0.05) is 11.8 Å². The first kappa shape index (κ1) is 10.0. The first-order valence-corrected chi connectivity index (χ1v) is 4.61. The standard InChI is InChI=1S/C10H11F2NO2/c1-6(10(11)12)13-7-2-3-8-9(4-7)15-5-14-8/h2-4,6,10,13H,5H2,1H3. The molecule has 1 atom stereocenters. The molecule has 0 fully saturated rings. The van der Waals surface area contributed by atoms with E-state index in [-0.39, 0.29) is 6.79 Å². The molecule has 0 saturated carbocycles. The molecule has 0 bridgehead atoms. The third-order valence-corrected chi connectivity index (χ3v) is 2.14. The molecule has 0 aromatic heterocycles. The zero-order chi connectivity index (χ0) is 10.8. The second-order valence-corrected chi connectivity index (χ2v) is 3.34. The van der Waals surface area contributed by atoms with Gasteiger partial charge >= 0.3 is 0 Å². The summed E-state index contributed by atoms with van der Waals surface area (Å²) < 4.78 is 34.8. The third kappa shape index (κ3) is 2.11. The van der Waals surface area contributed by atoms with E-state index in [0.717, 1.165) is 0 Å². The fraction of sp³-hybridized carbons (Fsp3) is 0.400. The van der Waals surface area contributed by atoms with Gasteiger partial charge in [-0.3, -0.25) is 0 Å². The number of hydrogen-bond acceptors (Lipinski definition) is 3. The molecule has 0 aliphatic carbocycles. The Hall–Kier alpha value is -1.52. The lowest BCUT2D eigenvalue weighted by atomic mass is 10.2. The number of halogens is 2. The molecule has 0 amide bonds. The van der Waals surface area contributed by atoms with E-state index in [9.17, 15) is 8.78 Å². The van der Waals surface area contributed by atoms with Crippen LogP contribution in [-0.2, 0) is 0 Å². The van der Waals surface area contributed by atoms with E-state index in [2.05, 4.69) is 5.32 Å². The normalized spacial score (nSPS) is 15.5. The molecule has 5 heteroatoms. The highest BCUT2D eigenvalue weighted by Crippen LogP contribution is 2.34. The fourth-order valence-electron chi connectivity index (χ4n) is 1.31. The van der Waals surface area contributed by atoms with Crippen molar-refractivity contribution in [1.29, 1.82) is 0 Å². The van der Waals surface area contributed by atoms with Gasteiger partial charge in [0.25, 0.3) is 6.43 Å². The molecule has 1 aromatic rings. The quantitative estimate of drug-likeness (QED) is 0.840. The average Bonchev–Trinajstić information content (AvgIpc) is 2.64. The lowest BCUT2D eigenvalue weighted by Crippen LogP contribution is -2.23. The van der Waals surface area contributed by atoms with Gasteiger partial charge in [-0.05, 0) is 19.1 Å². The van der Waals surface area contributed by atoms with E-state index in [1.54, 1.807) is 18.2 Å². The Morgan fingerprint density at radius 1 is 1.27 bits per heavy atom. The van der Waals surface area contributed by atoms with E-state index in [4.69, 9.17) is 9.47 Å². The van der Waals surface area contributed by atoms with Gasteiger partial charge in [-0.15, -0.1) is 0 Å². The lowest BCUT2D eigenvalue weighted by Gasteiger charge is -2.14. The van der Waals surface area contributed by atoms with Crippen LogP contribution in [-0.4, -0.2) is 19.3 Å². The minimum absolute atomic E-state index is 0.184. The Morgan fingerprint density at radius 2 is 2.00 bits per heavy atom. The van der Waals surface area contributed by atoms with Crippen molar-refractivity contribution in [1.82, 2.24) is 0 Å². The molecule has 1 aliphatic rings. The molecule has 82 valence electrons. The summed E-state index contributed by atoms with van der Waals surface area (Å²) in [7, 11) is 0. The largest absolute Gasteiger partial charge is 0.454 e. The molecule has 1 heterocycles. The Labute approximate surface area is 86.0 Å². The third-order valence-electron chi connectivity index (χ3n) is 2.14. The van der Waals surface area contributed by atoms with E-state index in [1.807, 2.05) is 0 Å². The van der Waals surface area contributed by atoms with Crippen molar-refractivity contribution >= 4 is 5.69 Å². The van der Waals surface area contributed by atoms with Crippen LogP contribution in [0.15, 0.2) is 18.2 Å². The van der Waals surface area contributed by atoms with Gasteiger partial charge in [-0.25, -0.2) is 8.78 Å². The molecular formula is C10H11F2NO2. The van der Waals surface area contributed by atoms with Crippen molar-refractivity contribution in [2.75, 3.05) is 12.1 Å². The summed E-state index contributed by atoms with van der Waals surface area (Å²) in [6, 6.07) is 4.15. The molecule has 1 aromatic carbocycles. The van der Waals surface area contributed by atoms with Crippen LogP contribution in [0, 0.1) is 0 Å². The van der Waals surface area contributed by atoms with Gasteiger partial charge in [0.1, 0.15) is 0 Å². The summed E-state index contributed by atoms with van der Waals surface area (Å²) in [5, 5.41) is 2.69. The van der Waals surface area contributed by atoms with Gasteiger partial charge in [-0.2, -0.15) is 0 Å². The summed E-state index contributed by atoms with van der Waals surface area (Å²) in [4.78, 5) is 0. The van der Waals surface area contributed by atoms with Gasteiger partial charge < -0.3 is 14.8 Å². The first-order chi connectivity index (χ1) is 7.16. The first-order valence-electron chi connectivity index (χ1n) is 4.61. The summed E-state index contributed by atoms with van der Waals surface area (Å²) in [6.45, 7) is 1.61. The highest BCUT2D eigenvalue weighted by molar-refractivity contribution is 5.55. The smallest absolute Gasteiger partial charge is 0.258 e. The maximum absolute atomic E-state index is 12.3. The number of nitrogens with one attached hydrogen (secondary N) is 1. The van der Waals surface area contributed by atoms with Crippen LogP contribution in [0.5, 0.6) is 11.5 Å². The Bertz CT molecular complexity index is 357. The van der Waals surface area contributed by atoms with Crippen molar-refractivity contribution < 1.29 is 18.3 Å². The minimum atomic E-state index is -2.39. The zero-order valence-corrected chi connectivity index (χ0v) is 8.17. The molecule has 1 unspecified atom stereocenters. The lowest BCUT2D eigenvalue weighted by molar-refractivity contribution is 0.130. The highest BCUT2D eigenvalue weighted by atomic mass is 19.3. The summed E-state index contributed by atoms with van der Waals surface area (Å²) in [5.74, 6) is 1.23. The van der Waals surface area contributed by atoms with Crippen molar-refractivity contribution in [3.05, 3.63) is 18.2 Å². The zero-order valence-electron chi connectivity index (χ0n) is 8.17. The molecule has 0 spiro atoms. The predicted molar refractivity (Wildman–Crippen MR) is 51.7 cm³/mol. The maximum Gasteiger partial charge on any atom is 0.258 e. The second-order valence-electron chi connectivity index (χ2n) is 3.34. The van der Waals surface area contributed by atoms with E-state index < -0.39 is 12.5 Å². The monoisotopic (exact) mass is 215 g/mol. The number of anilines is 1. The van der Waals surface area contributed by atoms with Crippen LogP contribution < -0.4 is 14.8 Å². The van der Waals surface area contributed by atoms with E-state index >= 15 is 0 Å². The van der Waals surface area contributed by atoms with Crippen LogP contribution in [0.4, 0.5) is 14.5 Å². The van der Waals surface area contributed by atoms with Crippen molar-refractivity contribution in [2.45, 2.75) is 19.4 Å². The Balaban J connectivity index is 2.10. The van der Waals surface area contributed by atoms with Gasteiger partial charge in [-0.1, -0.05) is 0 Å². The van der Waals surface area contributed by atoms with Gasteiger partial charge in [0.15, 0.2) is 11.5 Å². The summed E-state index contributed by atoms with van der Waals surface area (Å²) in [6.07, 6.45) is -2.39. The van der Waals surface area contributed by atoms with Crippen molar-refractivity contribution in [3.8, 4) is 11.5 Å². The van der Waals surface area contributed by atoms with Crippen LogP contribution in [0.25, 0.3) is 0 Å². The maximum atomic E-state index is 12.3. The van der Waals surface area contributed by atoms with Crippen LogP contribution in [0.3, 0.4) is 0 Å². The number of alkyl halides is 2. The molecule has 3 nitrogen and oxygen atoms in total. The van der Waals surface area contributed by atoms with Crippen molar-refractivity contribution in [2.24, 2.45) is 0 Å². The summed E-state index contributed by atoms with van der Waals surface area (Å²) >= 11 is 0. The predicted octanol–water partition coefficient (Wildman–Crippen LogP) is 2.48. The second kappa shape index (κ2) is 3.92. The molecule has 1 aliphatic heterocycles. The molecule has 1 N–H and O–H groups in total. The number of rotatable bonds is 3. The fourth-order valence-corrected chi connectivity index (χ4v) is 1.31. The summed E-state index contributed by atoms with van der Waals surface area (Å²) in [5.41, 5.74) is 0.604. The highest BCUT2D eigenvalue weighted by Gasteiger charge is 2.17.